The molecule has 1 unspecified atom stereocenters. The van der Waals surface area contributed by atoms with Gasteiger partial charge in [-0.3, -0.25) is 20.3 Å². The Kier molecular flexibility index (Phi) is 8.14. The van der Waals surface area contributed by atoms with Crippen molar-refractivity contribution in [2.75, 3.05) is 17.8 Å². The zero-order chi connectivity index (χ0) is 23.2. The molecular formula is C16H17F4N5O4S2. The molecule has 15 heteroatoms. The molecule has 9 nitrogen and oxygen atoms in total. The van der Waals surface area contributed by atoms with E-state index in [-0.39, 0.29) is 40.2 Å². The largest absolute Gasteiger partial charge is 0.419 e. The maximum atomic E-state index is 13.4. The Morgan fingerprint density at radius 3 is 2.71 bits per heavy atom. The summed E-state index contributed by atoms with van der Waals surface area (Å²) in [5.41, 5.74) is -0.252. The predicted molar refractivity (Wildman–Crippen MR) is 103 cm³/mol. The number of aromatic nitrogens is 2. The van der Waals surface area contributed by atoms with Crippen LogP contribution in [-0.4, -0.2) is 49.1 Å². The third kappa shape index (κ3) is 7.59. The molecule has 1 aromatic carbocycles. The van der Waals surface area contributed by atoms with Crippen LogP contribution in [0.15, 0.2) is 32.8 Å². The second-order valence-corrected chi connectivity index (χ2v) is 9.67. The van der Waals surface area contributed by atoms with Crippen LogP contribution in [0.25, 0.3) is 0 Å². The quantitative estimate of drug-likeness (QED) is 0.123. The smallest absolute Gasteiger partial charge is 0.299 e. The predicted octanol–water partition coefficient (Wildman–Crippen LogP) is 3.40. The summed E-state index contributed by atoms with van der Waals surface area (Å²) in [6.07, 6.45) is -3.31. The number of carbonyl (C=O) groups is 1. The molecule has 0 aliphatic heterocycles. The first kappa shape index (κ1) is 24.7. The second-order valence-electron chi connectivity index (χ2n) is 6.29. The SMILES string of the molecule is CS(=N)(=O)CC(=O)CCCSc1nonc1C(=Nc1ccc(F)c(C(F)(F)F)c1)NO. The van der Waals surface area contributed by atoms with Gasteiger partial charge in [-0.15, -0.1) is 11.8 Å². The van der Waals surface area contributed by atoms with Gasteiger partial charge < -0.3 is 0 Å². The molecule has 3 N–H and O–H groups in total. The van der Waals surface area contributed by atoms with E-state index in [2.05, 4.69) is 19.9 Å². The summed E-state index contributed by atoms with van der Waals surface area (Å²) in [6, 6.07) is 2.04. The van der Waals surface area contributed by atoms with E-state index >= 15 is 0 Å². The van der Waals surface area contributed by atoms with Crippen LogP contribution in [0, 0.1) is 10.6 Å². The number of hydrogen-bond acceptors (Lipinski definition) is 9. The number of hydrogen-bond donors (Lipinski definition) is 3. The van der Waals surface area contributed by atoms with Gasteiger partial charge in [-0.05, 0) is 34.9 Å². The van der Waals surface area contributed by atoms with Crippen molar-refractivity contribution in [1.29, 1.82) is 4.78 Å². The molecule has 1 heterocycles. The maximum Gasteiger partial charge on any atom is 0.419 e. The topological polar surface area (TPSA) is 142 Å². The zero-order valence-electron chi connectivity index (χ0n) is 15.9. The molecular weight excluding hydrogens is 466 g/mol. The Morgan fingerprint density at radius 2 is 2.10 bits per heavy atom. The zero-order valence-corrected chi connectivity index (χ0v) is 17.5. The fraction of sp³-hybridized carbons (Fsp3) is 0.375. The average Bonchev–Trinajstić information content (AvgIpc) is 3.10. The van der Waals surface area contributed by atoms with Crippen LogP contribution in [0.4, 0.5) is 23.2 Å². The van der Waals surface area contributed by atoms with Crippen molar-refractivity contribution in [2.45, 2.75) is 24.0 Å². The van der Waals surface area contributed by atoms with Gasteiger partial charge in [-0.25, -0.2) is 18.2 Å². The number of nitrogens with one attached hydrogen (secondary N) is 2. The first-order valence-electron chi connectivity index (χ1n) is 8.45. The van der Waals surface area contributed by atoms with E-state index in [4.69, 9.17) is 4.78 Å². The molecule has 2 rings (SSSR count). The second kappa shape index (κ2) is 10.2. The number of halogens is 4. The van der Waals surface area contributed by atoms with Gasteiger partial charge in [0, 0.05) is 28.2 Å². The van der Waals surface area contributed by atoms with E-state index in [0.29, 0.717) is 24.3 Å². The van der Waals surface area contributed by atoms with Crippen molar-refractivity contribution in [3.63, 3.8) is 0 Å². The summed E-state index contributed by atoms with van der Waals surface area (Å²) in [5.74, 6) is -2.18. The molecule has 0 fully saturated rings. The highest BCUT2D eigenvalue weighted by Gasteiger charge is 2.34. The Balaban J connectivity index is 2.11. The number of ketones is 1. The summed E-state index contributed by atoms with van der Waals surface area (Å²) in [5, 5.41) is 16.6. The van der Waals surface area contributed by atoms with Crippen LogP contribution in [0.2, 0.25) is 0 Å². The van der Waals surface area contributed by atoms with E-state index < -0.39 is 27.3 Å². The fourth-order valence-electron chi connectivity index (χ4n) is 2.30. The summed E-state index contributed by atoms with van der Waals surface area (Å²) in [6.45, 7) is 0. The number of Topliss-reactive ketones (excluding diaryl/α,β-unsaturated/α-hetero) is 1. The number of alkyl halides is 3. The normalized spacial score (nSPS) is 14.3. The van der Waals surface area contributed by atoms with E-state index in [1.807, 2.05) is 0 Å². The van der Waals surface area contributed by atoms with Crippen molar-refractivity contribution in [3.8, 4) is 0 Å². The van der Waals surface area contributed by atoms with Gasteiger partial charge in [-0.2, -0.15) is 13.2 Å². The number of carbonyl (C=O) groups excluding carboxylic acids is 1. The van der Waals surface area contributed by atoms with E-state index in [1.165, 1.54) is 6.26 Å². The van der Waals surface area contributed by atoms with Gasteiger partial charge in [0.15, 0.2) is 16.6 Å². The highest BCUT2D eigenvalue weighted by molar-refractivity contribution is 7.99. The van der Waals surface area contributed by atoms with E-state index in [0.717, 1.165) is 17.8 Å². The van der Waals surface area contributed by atoms with Crippen LogP contribution in [0.3, 0.4) is 0 Å². The molecule has 170 valence electrons. The van der Waals surface area contributed by atoms with Crippen molar-refractivity contribution in [1.82, 2.24) is 15.8 Å². The van der Waals surface area contributed by atoms with Crippen molar-refractivity contribution in [3.05, 3.63) is 35.3 Å². The third-order valence-corrected chi connectivity index (χ3v) is 5.47. The molecule has 0 radical (unpaired) electrons. The minimum atomic E-state index is -4.93. The number of amidine groups is 1. The van der Waals surface area contributed by atoms with Crippen LogP contribution in [-0.2, 0) is 20.7 Å². The first-order valence-corrected chi connectivity index (χ1v) is 11.6. The highest BCUT2D eigenvalue weighted by atomic mass is 32.2. The monoisotopic (exact) mass is 483 g/mol. The van der Waals surface area contributed by atoms with Crippen LogP contribution >= 0.6 is 11.8 Å². The van der Waals surface area contributed by atoms with Crippen LogP contribution in [0.1, 0.15) is 24.1 Å². The molecule has 1 atom stereocenters. The molecule has 0 aliphatic carbocycles. The molecule has 31 heavy (non-hydrogen) atoms. The summed E-state index contributed by atoms with van der Waals surface area (Å²) < 4.78 is 75.1. The Morgan fingerprint density at radius 1 is 1.39 bits per heavy atom. The third-order valence-electron chi connectivity index (χ3n) is 3.56. The number of aliphatic imine (C=N–C) groups is 1. The number of thioether (sulfide) groups is 1. The minimum Gasteiger partial charge on any atom is -0.299 e. The lowest BCUT2D eigenvalue weighted by molar-refractivity contribution is -0.140. The first-order chi connectivity index (χ1) is 14.4. The average molecular weight is 483 g/mol. The standard InChI is InChI=1S/C16H17F4N5O4S2/c1-31(21,28)8-10(26)3-2-6-30-15-13(24-29-25-15)14(23-27)22-9-4-5-12(17)11(7-9)16(18,19)20/h4-5,7,21,27H,2-3,6,8H2,1H3,(H,22,23). The molecule has 0 aliphatic rings. The van der Waals surface area contributed by atoms with Crippen molar-refractivity contribution < 1.29 is 36.4 Å². The van der Waals surface area contributed by atoms with Crippen molar-refractivity contribution in [2.24, 2.45) is 4.99 Å². The molecule has 2 aromatic rings. The van der Waals surface area contributed by atoms with Crippen LogP contribution in [0.5, 0.6) is 0 Å². The summed E-state index contributed by atoms with van der Waals surface area (Å²) in [7, 11) is -2.91. The van der Waals surface area contributed by atoms with Gasteiger partial charge >= 0.3 is 6.18 Å². The fourth-order valence-corrected chi connectivity index (χ4v) is 3.89. The lowest BCUT2D eigenvalue weighted by atomic mass is 10.2. The summed E-state index contributed by atoms with van der Waals surface area (Å²) >= 11 is 1.07. The van der Waals surface area contributed by atoms with Crippen molar-refractivity contribution >= 4 is 38.8 Å². The molecule has 0 saturated carbocycles. The minimum absolute atomic E-state index is 0.0896. The van der Waals surface area contributed by atoms with E-state index in [1.54, 1.807) is 5.48 Å². The molecule has 1 aromatic heterocycles. The van der Waals surface area contributed by atoms with Gasteiger partial charge in [0.05, 0.1) is 17.0 Å². The lowest BCUT2D eigenvalue weighted by Crippen LogP contribution is -2.21. The summed E-state index contributed by atoms with van der Waals surface area (Å²) in [4.78, 5) is 15.4. The number of benzene rings is 1. The van der Waals surface area contributed by atoms with Gasteiger partial charge in [0.2, 0.25) is 0 Å². The van der Waals surface area contributed by atoms with Gasteiger partial charge in [0.25, 0.3) is 0 Å². The Labute approximate surface area is 178 Å². The van der Waals surface area contributed by atoms with Gasteiger partial charge in [-0.1, -0.05) is 0 Å². The molecule has 0 saturated heterocycles. The van der Waals surface area contributed by atoms with Gasteiger partial charge in [0.1, 0.15) is 11.6 Å². The highest BCUT2D eigenvalue weighted by Crippen LogP contribution is 2.34. The number of hydroxylamine groups is 1. The lowest BCUT2D eigenvalue weighted by Gasteiger charge is -2.09. The number of nitrogens with zero attached hydrogens (tertiary/aromatic N) is 3. The molecule has 0 spiro atoms. The maximum absolute atomic E-state index is 13.4. The number of rotatable bonds is 9. The van der Waals surface area contributed by atoms with Crippen LogP contribution < -0.4 is 5.48 Å². The molecule has 0 amide bonds. The molecule has 0 bridgehead atoms. The van der Waals surface area contributed by atoms with E-state index in [9.17, 15) is 31.8 Å². The Hall–Kier alpha value is -2.52. The Bertz CT molecular complexity index is 1070.